The van der Waals surface area contributed by atoms with Gasteiger partial charge in [-0.1, -0.05) is 38.7 Å². The van der Waals surface area contributed by atoms with E-state index >= 15 is 0 Å². The summed E-state index contributed by atoms with van der Waals surface area (Å²) in [4.78, 5) is 24.4. The monoisotopic (exact) mass is 479 g/mol. The molecular weight excluding hydrogens is 446 g/mol. The van der Waals surface area contributed by atoms with Crippen molar-refractivity contribution in [3.8, 4) is 17.6 Å². The van der Waals surface area contributed by atoms with Crippen LogP contribution in [0.4, 0.5) is 4.79 Å². The van der Waals surface area contributed by atoms with Crippen molar-refractivity contribution >= 4 is 36.2 Å². The summed E-state index contributed by atoms with van der Waals surface area (Å²) in [6.07, 6.45) is -0.524. The summed E-state index contributed by atoms with van der Waals surface area (Å²) in [5.74, 6) is 6.55. The van der Waals surface area contributed by atoms with Crippen LogP contribution in [0.3, 0.4) is 0 Å². The van der Waals surface area contributed by atoms with Crippen LogP contribution in [0.25, 0.3) is 21.7 Å². The minimum absolute atomic E-state index is 0.0615. The number of benzene rings is 2. The van der Waals surface area contributed by atoms with Crippen molar-refractivity contribution in [2.24, 2.45) is 0 Å². The van der Waals surface area contributed by atoms with Crippen LogP contribution in [0.15, 0.2) is 45.6 Å². The topological polar surface area (TPSA) is 77.8 Å². The van der Waals surface area contributed by atoms with Crippen molar-refractivity contribution < 1.29 is 18.4 Å². The van der Waals surface area contributed by atoms with Gasteiger partial charge < -0.3 is 18.9 Å². The molecule has 6 nitrogen and oxygen atoms in total. The number of nitrogens with one attached hydrogen (secondary N) is 1. The van der Waals surface area contributed by atoms with Gasteiger partial charge in [0.15, 0.2) is 0 Å². The maximum absolute atomic E-state index is 12.7. The largest absolute Gasteiger partial charge is 0.543 e. The van der Waals surface area contributed by atoms with Crippen molar-refractivity contribution in [3.05, 3.63) is 52.4 Å². The van der Waals surface area contributed by atoms with E-state index in [-0.39, 0.29) is 11.6 Å². The minimum Gasteiger partial charge on any atom is -0.543 e. The first kappa shape index (κ1) is 25.4. The molecule has 0 aliphatic carbocycles. The molecule has 0 radical (unpaired) electrons. The van der Waals surface area contributed by atoms with Gasteiger partial charge in [-0.15, -0.1) is 0 Å². The summed E-state index contributed by atoms with van der Waals surface area (Å²) in [6.45, 7) is 16.4. The highest BCUT2D eigenvalue weighted by Crippen LogP contribution is 2.38. The van der Waals surface area contributed by atoms with Gasteiger partial charge >= 0.3 is 11.7 Å². The summed E-state index contributed by atoms with van der Waals surface area (Å²) in [5, 5.41) is 4.74. The number of amides is 1. The molecule has 1 N–H and O–H groups in total. The molecule has 0 aliphatic heterocycles. The van der Waals surface area contributed by atoms with Gasteiger partial charge in [0.25, 0.3) is 0 Å². The molecule has 3 rings (SSSR count). The first-order chi connectivity index (χ1) is 15.7. The second-order valence-corrected chi connectivity index (χ2v) is 15.6. The molecule has 1 aromatic heterocycles. The van der Waals surface area contributed by atoms with E-state index in [1.165, 1.54) is 0 Å². The smallest absolute Gasteiger partial charge is 0.408 e. The predicted molar refractivity (Wildman–Crippen MR) is 139 cm³/mol. The van der Waals surface area contributed by atoms with E-state index in [1.807, 2.05) is 24.3 Å². The summed E-state index contributed by atoms with van der Waals surface area (Å²) in [7, 11) is -2.01. The lowest BCUT2D eigenvalue weighted by atomic mass is 10.0. The fourth-order valence-electron chi connectivity index (χ4n) is 3.08. The van der Waals surface area contributed by atoms with E-state index in [0.717, 1.165) is 10.8 Å². The third-order valence-corrected chi connectivity index (χ3v) is 10.2. The highest BCUT2D eigenvalue weighted by atomic mass is 28.4. The molecule has 34 heavy (non-hydrogen) atoms. The lowest BCUT2D eigenvalue weighted by molar-refractivity contribution is 0.0535. The molecule has 0 spiro atoms. The first-order valence-corrected chi connectivity index (χ1v) is 14.2. The van der Waals surface area contributed by atoms with Gasteiger partial charge in [0, 0.05) is 22.4 Å². The number of rotatable bonds is 3. The molecule has 1 heterocycles. The van der Waals surface area contributed by atoms with Gasteiger partial charge in [0.1, 0.15) is 16.9 Å². The molecule has 0 atom stereocenters. The van der Waals surface area contributed by atoms with Crippen LogP contribution in [-0.4, -0.2) is 26.6 Å². The van der Waals surface area contributed by atoms with Crippen LogP contribution in [-0.2, 0) is 4.74 Å². The number of hydrogen-bond acceptors (Lipinski definition) is 5. The molecule has 0 saturated heterocycles. The van der Waals surface area contributed by atoms with E-state index in [1.54, 1.807) is 32.9 Å². The highest BCUT2D eigenvalue weighted by molar-refractivity contribution is 6.74. The summed E-state index contributed by atoms with van der Waals surface area (Å²) in [6, 6.07) is 11.1. The fourth-order valence-corrected chi connectivity index (χ4v) is 4.10. The Kier molecular flexibility index (Phi) is 6.86. The number of carbonyl (C=O) groups is 1. The molecule has 1 amide bonds. The lowest BCUT2D eigenvalue weighted by Crippen LogP contribution is -2.43. The highest BCUT2D eigenvalue weighted by Gasteiger charge is 2.39. The Labute approximate surface area is 201 Å². The standard InChI is InChI=1S/C27H33NO5Si/c1-26(2,3)32-25(30)28-15-9-10-18-11-13-20-21-14-12-19(33-34(7,8)27(4,5)6)17-23(21)31-24(29)22(20)16-18/h11-14,16-17H,15H2,1-8H3,(H,28,30). The number of hydrogen-bond donors (Lipinski definition) is 1. The second-order valence-electron chi connectivity index (χ2n) is 10.8. The molecule has 0 saturated carbocycles. The van der Waals surface area contributed by atoms with Gasteiger partial charge in [-0.3, -0.25) is 0 Å². The Morgan fingerprint density at radius 3 is 2.32 bits per heavy atom. The molecule has 0 fully saturated rings. The third kappa shape index (κ3) is 6.00. The van der Waals surface area contributed by atoms with Crippen LogP contribution in [0.2, 0.25) is 18.1 Å². The fraction of sp³-hybridized carbons (Fsp3) is 0.407. The van der Waals surface area contributed by atoms with E-state index in [0.29, 0.717) is 22.3 Å². The van der Waals surface area contributed by atoms with Gasteiger partial charge in [0.2, 0.25) is 8.32 Å². The maximum Gasteiger partial charge on any atom is 0.408 e. The Bertz CT molecular complexity index is 1350. The summed E-state index contributed by atoms with van der Waals surface area (Å²) < 4.78 is 17.2. The molecule has 3 aromatic rings. The van der Waals surface area contributed by atoms with Crippen molar-refractivity contribution in [1.29, 1.82) is 0 Å². The van der Waals surface area contributed by atoms with Crippen molar-refractivity contribution in [3.63, 3.8) is 0 Å². The molecule has 2 aromatic carbocycles. The van der Waals surface area contributed by atoms with Crippen LogP contribution in [0.5, 0.6) is 5.75 Å². The average Bonchev–Trinajstić information content (AvgIpc) is 2.69. The number of alkyl carbamates (subject to hydrolysis) is 1. The van der Waals surface area contributed by atoms with E-state index in [9.17, 15) is 9.59 Å². The van der Waals surface area contributed by atoms with Crippen LogP contribution >= 0.6 is 0 Å². The minimum atomic E-state index is -2.01. The summed E-state index contributed by atoms with van der Waals surface area (Å²) in [5.41, 5.74) is 0.157. The zero-order chi connectivity index (χ0) is 25.3. The van der Waals surface area contributed by atoms with Gasteiger partial charge in [-0.2, -0.15) is 0 Å². The molecule has 180 valence electrons. The molecule has 0 unspecified atom stereocenters. The normalized spacial score (nSPS) is 12.2. The lowest BCUT2D eigenvalue weighted by Gasteiger charge is -2.36. The zero-order valence-electron chi connectivity index (χ0n) is 21.2. The second kappa shape index (κ2) is 9.19. The molecular formula is C27H33NO5Si. The van der Waals surface area contributed by atoms with Gasteiger partial charge in [0.05, 0.1) is 11.9 Å². The quantitative estimate of drug-likeness (QED) is 0.209. The molecule has 0 aliphatic rings. The SMILES string of the molecule is CC(C)(C)OC(=O)NCC#Cc1ccc2c(c1)c(=O)oc1cc(O[Si](C)(C)C(C)(C)C)ccc12. The number of fused-ring (bicyclic) bond motifs is 3. The average molecular weight is 480 g/mol. The van der Waals surface area contributed by atoms with Crippen LogP contribution in [0, 0.1) is 11.8 Å². The number of ether oxygens (including phenoxy) is 1. The van der Waals surface area contributed by atoms with Gasteiger partial charge in [-0.25, -0.2) is 9.59 Å². The van der Waals surface area contributed by atoms with E-state index in [4.69, 9.17) is 13.6 Å². The van der Waals surface area contributed by atoms with E-state index in [2.05, 4.69) is 51.0 Å². The van der Waals surface area contributed by atoms with Crippen molar-refractivity contribution in [2.75, 3.05) is 6.54 Å². The Morgan fingerprint density at radius 2 is 1.68 bits per heavy atom. The van der Waals surface area contributed by atoms with Crippen LogP contribution in [0.1, 0.15) is 47.1 Å². The van der Waals surface area contributed by atoms with Crippen molar-refractivity contribution in [1.82, 2.24) is 5.32 Å². The third-order valence-electron chi connectivity index (χ3n) is 5.82. The molecule has 7 heteroatoms. The maximum atomic E-state index is 12.7. The zero-order valence-corrected chi connectivity index (χ0v) is 22.2. The number of carbonyl (C=O) groups excluding carboxylic acids is 1. The Morgan fingerprint density at radius 1 is 1.00 bits per heavy atom. The first-order valence-electron chi connectivity index (χ1n) is 11.3. The van der Waals surface area contributed by atoms with Crippen molar-refractivity contribution in [2.45, 2.75) is 65.3 Å². The van der Waals surface area contributed by atoms with E-state index < -0.39 is 25.6 Å². The molecule has 0 bridgehead atoms. The van der Waals surface area contributed by atoms with Gasteiger partial charge in [-0.05, 0) is 63.2 Å². The van der Waals surface area contributed by atoms with Crippen LogP contribution < -0.4 is 15.4 Å². The Hall–Kier alpha value is -3.24. The predicted octanol–water partition coefficient (Wildman–Crippen LogP) is 6.21. The summed E-state index contributed by atoms with van der Waals surface area (Å²) >= 11 is 0. The Balaban J connectivity index is 1.85.